The van der Waals surface area contributed by atoms with Crippen LogP contribution in [0.4, 0.5) is 0 Å². The van der Waals surface area contributed by atoms with Crippen molar-refractivity contribution in [1.29, 1.82) is 0 Å². The fourth-order valence-electron chi connectivity index (χ4n) is 3.19. The zero-order chi connectivity index (χ0) is 24.4. The van der Waals surface area contributed by atoms with Gasteiger partial charge in [0.15, 0.2) is 0 Å². The van der Waals surface area contributed by atoms with E-state index in [0.717, 1.165) is 11.1 Å². The molecule has 2 atom stereocenters. The Morgan fingerprint density at radius 2 is 1.09 bits per heavy atom. The molecule has 174 valence electrons. The second kappa shape index (κ2) is 12.2. The Kier molecular flexibility index (Phi) is 9.35. The third kappa shape index (κ3) is 8.25. The Labute approximate surface area is 191 Å². The van der Waals surface area contributed by atoms with Gasteiger partial charge in [0.05, 0.1) is 19.3 Å². The highest BCUT2D eigenvalue weighted by Gasteiger charge is 2.25. The zero-order valence-corrected chi connectivity index (χ0v) is 18.4. The van der Waals surface area contributed by atoms with Crippen molar-refractivity contribution < 1.29 is 38.9 Å². The van der Waals surface area contributed by atoms with Crippen LogP contribution in [0.5, 0.6) is 0 Å². The van der Waals surface area contributed by atoms with Crippen molar-refractivity contribution in [1.82, 2.24) is 0 Å². The largest absolute Gasteiger partial charge is 0.481 e. The van der Waals surface area contributed by atoms with Crippen molar-refractivity contribution in [3.63, 3.8) is 0 Å². The molecule has 2 rings (SSSR count). The number of carboxylic acids is 2. The molecule has 0 saturated heterocycles. The normalized spacial score (nSPS) is 12.2. The number of rotatable bonds is 11. The van der Waals surface area contributed by atoms with Crippen LogP contribution >= 0.6 is 0 Å². The third-order valence-corrected chi connectivity index (χ3v) is 4.88. The number of carbonyl (C=O) groups is 4. The number of hydrogen-bond acceptors (Lipinski definition) is 6. The number of benzene rings is 2. The van der Waals surface area contributed by atoms with E-state index in [4.69, 9.17) is 14.6 Å². The van der Waals surface area contributed by atoms with E-state index in [-0.39, 0.29) is 5.57 Å². The van der Waals surface area contributed by atoms with Gasteiger partial charge in [-0.1, -0.05) is 60.7 Å². The summed E-state index contributed by atoms with van der Waals surface area (Å²) in [4.78, 5) is 47.9. The molecule has 0 spiro atoms. The van der Waals surface area contributed by atoms with Crippen molar-refractivity contribution in [2.75, 3.05) is 0 Å². The molecule has 0 fully saturated rings. The molecule has 0 aliphatic carbocycles. The van der Waals surface area contributed by atoms with Gasteiger partial charge in [-0.3, -0.25) is 14.4 Å². The lowest BCUT2D eigenvalue weighted by molar-refractivity contribution is -0.149. The molecule has 0 radical (unpaired) electrons. The summed E-state index contributed by atoms with van der Waals surface area (Å²) < 4.78 is 10.7. The fraction of sp³-hybridized carbons (Fsp3) is 0.280. The minimum Gasteiger partial charge on any atom is -0.481 e. The van der Waals surface area contributed by atoms with E-state index in [1.165, 1.54) is 0 Å². The maximum Gasteiger partial charge on any atom is 0.332 e. The molecule has 2 N–H and O–H groups in total. The van der Waals surface area contributed by atoms with Crippen LogP contribution in [0.2, 0.25) is 0 Å². The van der Waals surface area contributed by atoms with Crippen molar-refractivity contribution in [3.8, 4) is 0 Å². The first-order chi connectivity index (χ1) is 15.7. The predicted octanol–water partition coefficient (Wildman–Crippen LogP) is 4.23. The molecule has 0 aromatic heterocycles. The number of carbonyl (C=O) groups excluding carboxylic acids is 2. The number of ether oxygens (including phenoxy) is 2. The highest BCUT2D eigenvalue weighted by Crippen LogP contribution is 2.24. The summed E-state index contributed by atoms with van der Waals surface area (Å²) in [6.07, 6.45) is -3.19. The lowest BCUT2D eigenvalue weighted by Crippen LogP contribution is -2.18. The van der Waals surface area contributed by atoms with Crippen molar-refractivity contribution in [3.05, 3.63) is 82.9 Å². The van der Waals surface area contributed by atoms with E-state index in [1.54, 1.807) is 62.4 Å². The van der Waals surface area contributed by atoms with Gasteiger partial charge < -0.3 is 19.7 Å². The van der Waals surface area contributed by atoms with Gasteiger partial charge in [-0.25, -0.2) is 4.79 Å². The standard InChI is InChI=1S/C25H26O8/c1-16(18-9-5-3-6-10-18)32-23(28)13-20(21(25(30)31)15-22(26)27)14-24(29)33-17(2)19-11-7-4-8-12-19/h3-12,16-17H,13-15H2,1-2H3,(H,26,27)(H,30,31). The lowest BCUT2D eigenvalue weighted by Gasteiger charge is -2.17. The van der Waals surface area contributed by atoms with Crippen LogP contribution in [-0.2, 0) is 28.7 Å². The van der Waals surface area contributed by atoms with Gasteiger partial charge in [0, 0.05) is 5.57 Å². The minimum absolute atomic E-state index is 0.166. The van der Waals surface area contributed by atoms with Crippen LogP contribution < -0.4 is 0 Å². The van der Waals surface area contributed by atoms with Crippen LogP contribution in [-0.4, -0.2) is 34.1 Å². The summed E-state index contributed by atoms with van der Waals surface area (Å²) in [6, 6.07) is 17.8. The van der Waals surface area contributed by atoms with Crippen LogP contribution in [0.3, 0.4) is 0 Å². The Hall–Kier alpha value is -3.94. The fourth-order valence-corrected chi connectivity index (χ4v) is 3.19. The van der Waals surface area contributed by atoms with E-state index in [9.17, 15) is 24.3 Å². The summed E-state index contributed by atoms with van der Waals surface area (Å²) >= 11 is 0. The molecular formula is C25H26O8. The minimum atomic E-state index is -1.53. The molecular weight excluding hydrogens is 428 g/mol. The number of esters is 2. The summed E-state index contributed by atoms with van der Waals surface area (Å²) in [5, 5.41) is 18.6. The quantitative estimate of drug-likeness (QED) is 0.381. The summed E-state index contributed by atoms with van der Waals surface area (Å²) in [5.41, 5.74) is 0.754. The maximum atomic E-state index is 12.5. The van der Waals surface area contributed by atoms with Crippen molar-refractivity contribution in [2.45, 2.75) is 45.3 Å². The molecule has 2 aromatic rings. The van der Waals surface area contributed by atoms with E-state index < -0.39 is 60.9 Å². The molecule has 0 aliphatic rings. The summed E-state index contributed by atoms with van der Waals surface area (Å²) in [7, 11) is 0. The Morgan fingerprint density at radius 1 is 0.697 bits per heavy atom. The first kappa shape index (κ1) is 25.3. The zero-order valence-electron chi connectivity index (χ0n) is 18.4. The molecule has 0 saturated carbocycles. The first-order valence-corrected chi connectivity index (χ1v) is 10.3. The van der Waals surface area contributed by atoms with Crippen LogP contribution in [0.15, 0.2) is 71.8 Å². The third-order valence-electron chi connectivity index (χ3n) is 4.88. The molecule has 0 aliphatic heterocycles. The van der Waals surface area contributed by atoms with E-state index >= 15 is 0 Å². The lowest BCUT2D eigenvalue weighted by atomic mass is 9.99. The van der Waals surface area contributed by atoms with Crippen molar-refractivity contribution in [2.24, 2.45) is 0 Å². The second-order valence-electron chi connectivity index (χ2n) is 7.40. The van der Waals surface area contributed by atoms with Gasteiger partial charge in [-0.2, -0.15) is 0 Å². The molecule has 8 nitrogen and oxygen atoms in total. The molecule has 2 unspecified atom stereocenters. The van der Waals surface area contributed by atoms with Gasteiger partial charge in [0.2, 0.25) is 0 Å². The SMILES string of the molecule is CC(OC(=O)CC(CC(=O)OC(C)c1ccccc1)=C(CC(=O)O)C(=O)O)c1ccccc1. The van der Waals surface area contributed by atoms with E-state index in [0.29, 0.717) is 0 Å². The predicted molar refractivity (Wildman–Crippen MR) is 118 cm³/mol. The van der Waals surface area contributed by atoms with Gasteiger partial charge in [-0.15, -0.1) is 0 Å². The molecule has 33 heavy (non-hydrogen) atoms. The smallest absolute Gasteiger partial charge is 0.332 e. The van der Waals surface area contributed by atoms with E-state index in [1.807, 2.05) is 12.1 Å². The Bertz CT molecular complexity index is 948. The van der Waals surface area contributed by atoms with Gasteiger partial charge in [0.25, 0.3) is 0 Å². The van der Waals surface area contributed by atoms with Crippen molar-refractivity contribution >= 4 is 23.9 Å². The maximum absolute atomic E-state index is 12.5. The molecule has 0 bridgehead atoms. The second-order valence-corrected chi connectivity index (χ2v) is 7.40. The number of aliphatic carboxylic acids is 2. The van der Waals surface area contributed by atoms with Gasteiger partial charge in [-0.05, 0) is 30.5 Å². The van der Waals surface area contributed by atoms with Crippen LogP contribution in [0.1, 0.15) is 56.4 Å². The average Bonchev–Trinajstić information content (AvgIpc) is 2.77. The summed E-state index contributed by atoms with van der Waals surface area (Å²) in [6.45, 7) is 3.31. The monoisotopic (exact) mass is 454 g/mol. The van der Waals surface area contributed by atoms with Crippen LogP contribution in [0.25, 0.3) is 0 Å². The first-order valence-electron chi connectivity index (χ1n) is 10.3. The Balaban J connectivity index is 2.19. The number of hydrogen-bond donors (Lipinski definition) is 2. The highest BCUT2D eigenvalue weighted by atomic mass is 16.5. The van der Waals surface area contributed by atoms with E-state index in [2.05, 4.69) is 0 Å². The average molecular weight is 454 g/mol. The van der Waals surface area contributed by atoms with Crippen LogP contribution in [0, 0.1) is 0 Å². The molecule has 0 heterocycles. The molecule has 2 aromatic carbocycles. The topological polar surface area (TPSA) is 127 Å². The summed E-state index contributed by atoms with van der Waals surface area (Å²) in [5.74, 6) is -4.49. The molecule has 8 heteroatoms. The Morgan fingerprint density at radius 3 is 1.42 bits per heavy atom. The molecule has 0 amide bonds. The highest BCUT2D eigenvalue weighted by molar-refractivity contribution is 5.95. The van der Waals surface area contributed by atoms with Gasteiger partial charge in [0.1, 0.15) is 12.2 Å². The van der Waals surface area contributed by atoms with Gasteiger partial charge >= 0.3 is 23.9 Å². The number of carboxylic acid groups (broad SMARTS) is 2.